The average Bonchev–Trinajstić information content (AvgIpc) is 3.11. The summed E-state index contributed by atoms with van der Waals surface area (Å²) in [6.07, 6.45) is 4.75. The molecule has 2 heterocycles. The SMILES string of the molecule is CCn1ccnc1CC(NN)C1CSc2ccccc21. The number of imidazole rings is 1. The molecule has 0 saturated heterocycles. The number of aryl methyl sites for hydroxylation is 1. The third-order valence-electron chi connectivity index (χ3n) is 3.98. The molecule has 1 aromatic heterocycles. The fourth-order valence-electron chi connectivity index (χ4n) is 2.85. The smallest absolute Gasteiger partial charge is 0.110 e. The highest BCUT2D eigenvalue weighted by atomic mass is 32.2. The molecule has 106 valence electrons. The number of nitrogens with one attached hydrogen (secondary N) is 1. The molecule has 0 aliphatic carbocycles. The molecule has 5 heteroatoms. The second kappa shape index (κ2) is 5.99. The van der Waals surface area contributed by atoms with Crippen LogP contribution in [0.4, 0.5) is 0 Å². The molecule has 2 unspecified atom stereocenters. The lowest BCUT2D eigenvalue weighted by Gasteiger charge is -2.23. The fourth-order valence-corrected chi connectivity index (χ4v) is 4.18. The van der Waals surface area contributed by atoms with Gasteiger partial charge in [0.05, 0.1) is 0 Å². The number of rotatable bonds is 5. The van der Waals surface area contributed by atoms with Crippen molar-refractivity contribution in [2.24, 2.45) is 5.84 Å². The Morgan fingerprint density at radius 2 is 2.35 bits per heavy atom. The van der Waals surface area contributed by atoms with Crippen LogP contribution in [0.2, 0.25) is 0 Å². The molecule has 1 aliphatic rings. The summed E-state index contributed by atoms with van der Waals surface area (Å²) in [7, 11) is 0. The van der Waals surface area contributed by atoms with Crippen LogP contribution >= 0.6 is 11.8 Å². The Morgan fingerprint density at radius 3 is 3.15 bits per heavy atom. The molecular formula is C15H20N4S. The molecular weight excluding hydrogens is 268 g/mol. The number of thioether (sulfide) groups is 1. The van der Waals surface area contributed by atoms with Crippen molar-refractivity contribution in [3.63, 3.8) is 0 Å². The quantitative estimate of drug-likeness (QED) is 0.654. The summed E-state index contributed by atoms with van der Waals surface area (Å²) in [6.45, 7) is 3.08. The van der Waals surface area contributed by atoms with E-state index in [1.54, 1.807) is 0 Å². The molecule has 0 saturated carbocycles. The van der Waals surface area contributed by atoms with Gasteiger partial charge >= 0.3 is 0 Å². The van der Waals surface area contributed by atoms with Crippen LogP contribution in [-0.4, -0.2) is 21.3 Å². The van der Waals surface area contributed by atoms with Crippen LogP contribution in [0.15, 0.2) is 41.6 Å². The number of hydrogen-bond donors (Lipinski definition) is 2. The maximum atomic E-state index is 5.82. The van der Waals surface area contributed by atoms with Gasteiger partial charge in [0, 0.05) is 48.0 Å². The predicted molar refractivity (Wildman–Crippen MR) is 82.6 cm³/mol. The molecule has 2 aromatic rings. The van der Waals surface area contributed by atoms with E-state index >= 15 is 0 Å². The van der Waals surface area contributed by atoms with Crippen LogP contribution < -0.4 is 11.3 Å². The van der Waals surface area contributed by atoms with Crippen LogP contribution in [-0.2, 0) is 13.0 Å². The van der Waals surface area contributed by atoms with Crippen LogP contribution in [0.25, 0.3) is 0 Å². The Hall–Kier alpha value is -1.30. The summed E-state index contributed by atoms with van der Waals surface area (Å²) in [5.74, 6) is 8.46. The normalized spacial score (nSPS) is 19.0. The van der Waals surface area contributed by atoms with Crippen molar-refractivity contribution in [2.45, 2.75) is 36.7 Å². The number of benzene rings is 1. The molecule has 1 aliphatic heterocycles. The molecule has 2 atom stereocenters. The van der Waals surface area contributed by atoms with Crippen molar-refractivity contribution in [1.82, 2.24) is 15.0 Å². The van der Waals surface area contributed by atoms with Crippen molar-refractivity contribution in [1.29, 1.82) is 0 Å². The number of hydrazine groups is 1. The Balaban J connectivity index is 1.81. The number of aromatic nitrogens is 2. The monoisotopic (exact) mass is 288 g/mol. The van der Waals surface area contributed by atoms with Crippen molar-refractivity contribution in [2.75, 3.05) is 5.75 Å². The molecule has 20 heavy (non-hydrogen) atoms. The average molecular weight is 288 g/mol. The first kappa shape index (κ1) is 13.7. The van der Waals surface area contributed by atoms with E-state index < -0.39 is 0 Å². The summed E-state index contributed by atoms with van der Waals surface area (Å²) < 4.78 is 2.18. The first-order chi connectivity index (χ1) is 9.83. The van der Waals surface area contributed by atoms with Gasteiger partial charge in [0.15, 0.2) is 0 Å². The van der Waals surface area contributed by atoms with E-state index in [1.165, 1.54) is 10.5 Å². The Kier molecular flexibility index (Phi) is 4.10. The Bertz CT molecular complexity index is 581. The summed E-state index contributed by atoms with van der Waals surface area (Å²) in [4.78, 5) is 5.85. The highest BCUT2D eigenvalue weighted by Gasteiger charge is 2.30. The zero-order chi connectivity index (χ0) is 13.9. The van der Waals surface area contributed by atoms with E-state index in [0.29, 0.717) is 5.92 Å². The van der Waals surface area contributed by atoms with Crippen LogP contribution in [0, 0.1) is 0 Å². The van der Waals surface area contributed by atoms with E-state index in [2.05, 4.69) is 46.2 Å². The molecule has 4 nitrogen and oxygen atoms in total. The fraction of sp³-hybridized carbons (Fsp3) is 0.400. The standard InChI is InChI=1S/C15H20N4S/c1-2-19-8-7-17-15(19)9-13(18-16)12-10-20-14-6-4-3-5-11(12)14/h3-8,12-13,18H,2,9-10,16H2,1H3. The van der Waals surface area contributed by atoms with Gasteiger partial charge in [-0.2, -0.15) is 0 Å². The van der Waals surface area contributed by atoms with Crippen molar-refractivity contribution < 1.29 is 0 Å². The second-order valence-corrected chi connectivity index (χ2v) is 6.12. The van der Waals surface area contributed by atoms with Crippen LogP contribution in [0.5, 0.6) is 0 Å². The van der Waals surface area contributed by atoms with E-state index in [0.717, 1.165) is 24.5 Å². The van der Waals surface area contributed by atoms with Crippen molar-refractivity contribution in [3.05, 3.63) is 48.0 Å². The molecule has 0 fully saturated rings. The minimum absolute atomic E-state index is 0.221. The third kappa shape index (κ3) is 2.49. The van der Waals surface area contributed by atoms with Gasteiger partial charge in [0.2, 0.25) is 0 Å². The molecule has 0 spiro atoms. The van der Waals surface area contributed by atoms with Crippen molar-refractivity contribution in [3.8, 4) is 0 Å². The molecule has 0 radical (unpaired) electrons. The Morgan fingerprint density at radius 1 is 1.50 bits per heavy atom. The van der Waals surface area contributed by atoms with Gasteiger partial charge in [-0.25, -0.2) is 4.98 Å². The second-order valence-electron chi connectivity index (χ2n) is 5.06. The predicted octanol–water partition coefficient (Wildman–Crippen LogP) is 2.17. The third-order valence-corrected chi connectivity index (χ3v) is 5.19. The van der Waals surface area contributed by atoms with Gasteiger partial charge in [-0.15, -0.1) is 11.8 Å². The maximum absolute atomic E-state index is 5.82. The lowest BCUT2D eigenvalue weighted by atomic mass is 9.91. The minimum atomic E-state index is 0.221. The lowest BCUT2D eigenvalue weighted by molar-refractivity contribution is 0.447. The maximum Gasteiger partial charge on any atom is 0.110 e. The molecule has 0 amide bonds. The van der Waals surface area contributed by atoms with E-state index in [-0.39, 0.29) is 6.04 Å². The van der Waals surface area contributed by atoms with E-state index in [4.69, 9.17) is 5.84 Å². The van der Waals surface area contributed by atoms with Crippen LogP contribution in [0.3, 0.4) is 0 Å². The van der Waals surface area contributed by atoms with E-state index in [9.17, 15) is 0 Å². The Labute approximate surface area is 123 Å². The minimum Gasteiger partial charge on any atom is -0.335 e. The topological polar surface area (TPSA) is 55.9 Å². The molecule has 0 bridgehead atoms. The first-order valence-corrected chi connectivity index (χ1v) is 8.00. The molecule has 3 rings (SSSR count). The number of nitrogens with zero attached hydrogens (tertiary/aromatic N) is 2. The van der Waals surface area contributed by atoms with E-state index in [1.807, 2.05) is 24.2 Å². The number of hydrogen-bond acceptors (Lipinski definition) is 4. The number of nitrogens with two attached hydrogens (primary N) is 1. The summed E-state index contributed by atoms with van der Waals surface area (Å²) >= 11 is 1.92. The highest BCUT2D eigenvalue weighted by Crippen LogP contribution is 2.41. The van der Waals surface area contributed by atoms with Gasteiger partial charge < -0.3 is 4.57 Å². The van der Waals surface area contributed by atoms with Gasteiger partial charge in [-0.1, -0.05) is 18.2 Å². The largest absolute Gasteiger partial charge is 0.335 e. The van der Waals surface area contributed by atoms with Crippen LogP contribution in [0.1, 0.15) is 24.2 Å². The van der Waals surface area contributed by atoms with Crippen molar-refractivity contribution >= 4 is 11.8 Å². The zero-order valence-corrected chi connectivity index (χ0v) is 12.4. The van der Waals surface area contributed by atoms with Gasteiger partial charge in [-0.3, -0.25) is 11.3 Å². The number of fused-ring (bicyclic) bond motifs is 1. The zero-order valence-electron chi connectivity index (χ0n) is 11.6. The first-order valence-electron chi connectivity index (χ1n) is 7.01. The van der Waals surface area contributed by atoms with Gasteiger partial charge in [0.25, 0.3) is 0 Å². The highest BCUT2D eigenvalue weighted by molar-refractivity contribution is 7.99. The molecule has 3 N–H and O–H groups in total. The summed E-state index contributed by atoms with van der Waals surface area (Å²) in [5, 5.41) is 0. The molecule has 1 aromatic carbocycles. The van der Waals surface area contributed by atoms with Gasteiger partial charge in [-0.05, 0) is 18.6 Å². The van der Waals surface area contributed by atoms with Gasteiger partial charge in [0.1, 0.15) is 5.82 Å². The summed E-state index contributed by atoms with van der Waals surface area (Å²) in [5.41, 5.74) is 4.42. The lowest BCUT2D eigenvalue weighted by Crippen LogP contribution is -2.42. The summed E-state index contributed by atoms with van der Waals surface area (Å²) in [6, 6.07) is 8.84.